The second-order valence-electron chi connectivity index (χ2n) is 7.89. The fourth-order valence-corrected chi connectivity index (χ4v) is 6.60. The molecule has 4 fully saturated rings. The maximum Gasteiger partial charge on any atom is 0.0302 e. The zero-order valence-electron chi connectivity index (χ0n) is 12.8. The number of nitrogens with one attached hydrogen (secondary N) is 1. The molecular weight excluding hydrogens is 262 g/mol. The van der Waals surface area contributed by atoms with Crippen LogP contribution in [-0.2, 0) is 6.54 Å². The van der Waals surface area contributed by atoms with Crippen LogP contribution in [0.3, 0.4) is 0 Å². The number of thiophene rings is 1. The standard InChI is InChI=1S/C18H27NS/c1-12-3-4-17(20-12)11-19-13(2)18-8-14-5-15(9-18)7-16(6-14)10-18/h3-4,13-16,19H,5-11H2,1-2H3/t13-,14?,15?,16?,18?/m1/s1. The van der Waals surface area contributed by atoms with Crippen LogP contribution in [-0.4, -0.2) is 6.04 Å². The summed E-state index contributed by atoms with van der Waals surface area (Å²) >= 11 is 1.94. The van der Waals surface area contributed by atoms with Gasteiger partial charge in [-0.25, -0.2) is 0 Å². The molecule has 0 amide bonds. The van der Waals surface area contributed by atoms with Gasteiger partial charge in [-0.3, -0.25) is 0 Å². The Morgan fingerprint density at radius 2 is 1.75 bits per heavy atom. The fourth-order valence-electron chi connectivity index (χ4n) is 5.76. The second kappa shape index (κ2) is 4.84. The minimum atomic E-state index is 0.640. The van der Waals surface area contributed by atoms with Gasteiger partial charge in [-0.05, 0) is 87.7 Å². The first kappa shape index (κ1) is 13.3. The van der Waals surface area contributed by atoms with Gasteiger partial charge in [0, 0.05) is 22.3 Å². The third-order valence-corrected chi connectivity index (χ3v) is 7.38. The second-order valence-corrected chi connectivity index (χ2v) is 9.27. The van der Waals surface area contributed by atoms with Crippen molar-refractivity contribution in [2.24, 2.45) is 23.2 Å². The molecule has 110 valence electrons. The summed E-state index contributed by atoms with van der Waals surface area (Å²) in [6.45, 7) is 5.74. The number of hydrogen-bond acceptors (Lipinski definition) is 2. The molecule has 0 radical (unpaired) electrons. The first-order chi connectivity index (χ1) is 9.63. The molecule has 0 unspecified atom stereocenters. The van der Waals surface area contributed by atoms with Gasteiger partial charge >= 0.3 is 0 Å². The van der Waals surface area contributed by atoms with Gasteiger partial charge < -0.3 is 5.32 Å². The molecule has 1 atom stereocenters. The molecule has 4 saturated carbocycles. The van der Waals surface area contributed by atoms with Crippen LogP contribution in [0.25, 0.3) is 0 Å². The van der Waals surface area contributed by atoms with Crippen molar-refractivity contribution in [3.05, 3.63) is 21.9 Å². The lowest BCUT2D eigenvalue weighted by Crippen LogP contribution is -2.54. The lowest BCUT2D eigenvalue weighted by atomic mass is 9.48. The van der Waals surface area contributed by atoms with Crippen LogP contribution in [0.5, 0.6) is 0 Å². The van der Waals surface area contributed by atoms with E-state index in [1.54, 1.807) is 19.3 Å². The average Bonchev–Trinajstić information content (AvgIpc) is 2.80. The lowest BCUT2D eigenvalue weighted by molar-refractivity contribution is -0.0706. The minimum absolute atomic E-state index is 0.640. The molecule has 0 spiro atoms. The molecular formula is C18H27NS. The van der Waals surface area contributed by atoms with Gasteiger partial charge in [0.15, 0.2) is 0 Å². The molecule has 1 heterocycles. The van der Waals surface area contributed by atoms with Crippen LogP contribution in [0.4, 0.5) is 0 Å². The van der Waals surface area contributed by atoms with E-state index in [9.17, 15) is 0 Å². The zero-order valence-corrected chi connectivity index (χ0v) is 13.6. The highest BCUT2D eigenvalue weighted by Gasteiger charge is 2.52. The Hall–Kier alpha value is -0.340. The molecule has 0 aromatic carbocycles. The van der Waals surface area contributed by atoms with Gasteiger partial charge in [0.25, 0.3) is 0 Å². The maximum absolute atomic E-state index is 3.88. The lowest BCUT2D eigenvalue weighted by Gasteiger charge is -2.59. The van der Waals surface area contributed by atoms with Crippen LogP contribution in [0.1, 0.15) is 55.2 Å². The molecule has 5 rings (SSSR count). The molecule has 2 heteroatoms. The molecule has 1 aromatic heterocycles. The maximum atomic E-state index is 3.88. The van der Waals surface area contributed by atoms with Gasteiger partial charge in [0.05, 0.1) is 0 Å². The summed E-state index contributed by atoms with van der Waals surface area (Å²) in [5, 5.41) is 3.88. The van der Waals surface area contributed by atoms with Gasteiger partial charge in [-0.15, -0.1) is 11.3 Å². The molecule has 0 aliphatic heterocycles. The Balaban J connectivity index is 1.44. The Labute approximate surface area is 127 Å². The van der Waals surface area contributed by atoms with E-state index in [4.69, 9.17) is 0 Å². The average molecular weight is 289 g/mol. The Kier molecular flexibility index (Phi) is 3.23. The van der Waals surface area contributed by atoms with Crippen LogP contribution >= 0.6 is 11.3 Å². The van der Waals surface area contributed by atoms with Gasteiger partial charge in [0.1, 0.15) is 0 Å². The number of rotatable bonds is 4. The normalized spacial score (nSPS) is 40.2. The highest BCUT2D eigenvalue weighted by Crippen LogP contribution is 2.61. The van der Waals surface area contributed by atoms with Crippen molar-refractivity contribution < 1.29 is 0 Å². The zero-order chi connectivity index (χ0) is 13.7. The summed E-state index contributed by atoms with van der Waals surface area (Å²) in [7, 11) is 0. The highest BCUT2D eigenvalue weighted by atomic mass is 32.1. The fraction of sp³-hybridized carbons (Fsp3) is 0.778. The third kappa shape index (κ3) is 2.25. The third-order valence-electron chi connectivity index (χ3n) is 6.38. The van der Waals surface area contributed by atoms with E-state index in [-0.39, 0.29) is 0 Å². The quantitative estimate of drug-likeness (QED) is 0.843. The summed E-state index contributed by atoms with van der Waals surface area (Å²) in [5.74, 6) is 3.19. The number of aryl methyl sites for hydroxylation is 1. The molecule has 20 heavy (non-hydrogen) atoms. The minimum Gasteiger partial charge on any atom is -0.309 e. The van der Waals surface area contributed by atoms with Crippen molar-refractivity contribution >= 4 is 11.3 Å². The molecule has 1 N–H and O–H groups in total. The van der Waals surface area contributed by atoms with E-state index < -0.39 is 0 Å². The molecule has 4 bridgehead atoms. The van der Waals surface area contributed by atoms with Crippen LogP contribution in [0, 0.1) is 30.1 Å². The van der Waals surface area contributed by atoms with Crippen molar-refractivity contribution in [2.75, 3.05) is 0 Å². The molecule has 1 nitrogen and oxygen atoms in total. The van der Waals surface area contributed by atoms with Crippen molar-refractivity contribution in [3.8, 4) is 0 Å². The van der Waals surface area contributed by atoms with Crippen LogP contribution < -0.4 is 5.32 Å². The Morgan fingerprint density at radius 3 is 2.25 bits per heavy atom. The molecule has 4 aliphatic carbocycles. The predicted molar refractivity (Wildman–Crippen MR) is 86.0 cm³/mol. The van der Waals surface area contributed by atoms with Gasteiger partial charge in [-0.1, -0.05) is 0 Å². The summed E-state index contributed by atoms with van der Waals surface area (Å²) < 4.78 is 0. The Bertz CT molecular complexity index is 454. The first-order valence-corrected chi connectivity index (χ1v) is 9.23. The van der Waals surface area contributed by atoms with Crippen molar-refractivity contribution in [3.63, 3.8) is 0 Å². The van der Waals surface area contributed by atoms with Crippen molar-refractivity contribution in [2.45, 2.75) is 65.0 Å². The highest BCUT2D eigenvalue weighted by molar-refractivity contribution is 7.11. The predicted octanol–water partition coefficient (Wildman–Crippen LogP) is 4.75. The smallest absolute Gasteiger partial charge is 0.0302 e. The van der Waals surface area contributed by atoms with E-state index in [0.29, 0.717) is 11.5 Å². The Morgan fingerprint density at radius 1 is 1.15 bits per heavy atom. The topological polar surface area (TPSA) is 12.0 Å². The number of hydrogen-bond donors (Lipinski definition) is 1. The van der Waals surface area contributed by atoms with E-state index in [2.05, 4.69) is 31.3 Å². The summed E-state index contributed by atoms with van der Waals surface area (Å²) in [4.78, 5) is 2.93. The monoisotopic (exact) mass is 289 g/mol. The first-order valence-electron chi connectivity index (χ1n) is 8.42. The van der Waals surface area contributed by atoms with Crippen molar-refractivity contribution in [1.29, 1.82) is 0 Å². The van der Waals surface area contributed by atoms with Gasteiger partial charge in [-0.2, -0.15) is 0 Å². The van der Waals surface area contributed by atoms with E-state index in [1.807, 2.05) is 11.3 Å². The van der Waals surface area contributed by atoms with E-state index >= 15 is 0 Å². The molecule has 0 saturated heterocycles. The summed E-state index contributed by atoms with van der Waals surface area (Å²) in [6.07, 6.45) is 9.19. The van der Waals surface area contributed by atoms with E-state index in [0.717, 1.165) is 24.3 Å². The molecule has 4 aliphatic rings. The summed E-state index contributed by atoms with van der Waals surface area (Å²) in [6, 6.07) is 5.23. The molecule has 1 aromatic rings. The summed E-state index contributed by atoms with van der Waals surface area (Å²) in [5.41, 5.74) is 0.640. The van der Waals surface area contributed by atoms with Crippen molar-refractivity contribution in [1.82, 2.24) is 5.32 Å². The van der Waals surface area contributed by atoms with Crippen LogP contribution in [0.15, 0.2) is 12.1 Å². The van der Waals surface area contributed by atoms with Gasteiger partial charge in [0.2, 0.25) is 0 Å². The van der Waals surface area contributed by atoms with E-state index in [1.165, 1.54) is 29.0 Å². The van der Waals surface area contributed by atoms with Crippen LogP contribution in [0.2, 0.25) is 0 Å². The SMILES string of the molecule is Cc1ccc(CN[C@H](C)C23CC4CC(CC(C4)C2)C3)s1. The largest absolute Gasteiger partial charge is 0.309 e.